The molecular formula is C11H23N3O. The fourth-order valence-corrected chi connectivity index (χ4v) is 1.50. The van der Waals surface area contributed by atoms with Crippen LogP contribution in [0.3, 0.4) is 0 Å². The Morgan fingerprint density at radius 3 is 2.80 bits per heavy atom. The Morgan fingerprint density at radius 1 is 1.60 bits per heavy atom. The van der Waals surface area contributed by atoms with Gasteiger partial charge in [0.05, 0.1) is 6.54 Å². The number of hydrogen-bond donors (Lipinski definition) is 3. The van der Waals surface area contributed by atoms with Crippen molar-refractivity contribution in [3.8, 4) is 0 Å². The number of nitrogens with one attached hydrogen (secondary N) is 3. The molecule has 1 amide bonds. The van der Waals surface area contributed by atoms with Gasteiger partial charge in [-0.3, -0.25) is 4.79 Å². The van der Waals surface area contributed by atoms with Crippen LogP contribution in [0.1, 0.15) is 20.3 Å². The average Bonchev–Trinajstić information content (AvgIpc) is 2.29. The van der Waals surface area contributed by atoms with Gasteiger partial charge < -0.3 is 16.0 Å². The van der Waals surface area contributed by atoms with Crippen molar-refractivity contribution in [2.45, 2.75) is 32.4 Å². The Kier molecular flexibility index (Phi) is 7.95. The number of hydrogen-bond acceptors (Lipinski definition) is 3. The molecule has 1 saturated heterocycles. The maximum atomic E-state index is 11.1. The normalized spacial score (nSPS) is 24.9. The number of piperazine rings is 1. The van der Waals surface area contributed by atoms with Crippen molar-refractivity contribution in [3.05, 3.63) is 12.7 Å². The molecule has 1 aliphatic rings. The average molecular weight is 213 g/mol. The number of carbonyl (C=O) groups is 1. The lowest BCUT2D eigenvalue weighted by atomic mass is 10.0. The van der Waals surface area contributed by atoms with E-state index < -0.39 is 0 Å². The Morgan fingerprint density at radius 2 is 2.27 bits per heavy atom. The fraction of sp³-hybridized carbons (Fsp3) is 0.727. The molecule has 88 valence electrons. The summed E-state index contributed by atoms with van der Waals surface area (Å²) < 4.78 is 0. The van der Waals surface area contributed by atoms with Gasteiger partial charge in [-0.1, -0.05) is 19.9 Å². The van der Waals surface area contributed by atoms with Gasteiger partial charge in [0, 0.05) is 12.1 Å². The van der Waals surface area contributed by atoms with Crippen LogP contribution in [-0.4, -0.2) is 38.1 Å². The number of rotatable bonds is 4. The lowest BCUT2D eigenvalue weighted by molar-refractivity contribution is -0.122. The fourth-order valence-electron chi connectivity index (χ4n) is 1.50. The molecule has 1 aliphatic heterocycles. The first-order valence-corrected chi connectivity index (χ1v) is 5.58. The highest BCUT2D eigenvalue weighted by Crippen LogP contribution is 2.03. The SMILES string of the molecule is C=CC1NCC(=O)NC1CCNC.CC. The van der Waals surface area contributed by atoms with Gasteiger partial charge in [0.2, 0.25) is 5.91 Å². The van der Waals surface area contributed by atoms with Gasteiger partial charge in [-0.05, 0) is 20.0 Å². The first-order valence-electron chi connectivity index (χ1n) is 5.58. The summed E-state index contributed by atoms with van der Waals surface area (Å²) in [6.45, 7) is 9.03. The predicted molar refractivity (Wildman–Crippen MR) is 63.8 cm³/mol. The molecule has 0 saturated carbocycles. The molecule has 1 rings (SSSR count). The highest BCUT2D eigenvalue weighted by Gasteiger charge is 2.24. The van der Waals surface area contributed by atoms with E-state index >= 15 is 0 Å². The second kappa shape index (κ2) is 8.44. The molecule has 0 radical (unpaired) electrons. The standard InChI is InChI=1S/C9H17N3O.C2H6/c1-3-7-8(4-5-10-2)12-9(13)6-11-7;1-2/h3,7-8,10-11H,1,4-6H2,2H3,(H,12,13);1-2H3. The highest BCUT2D eigenvalue weighted by atomic mass is 16.2. The van der Waals surface area contributed by atoms with E-state index in [0.717, 1.165) is 13.0 Å². The molecule has 1 heterocycles. The molecule has 3 N–H and O–H groups in total. The molecular weight excluding hydrogens is 190 g/mol. The van der Waals surface area contributed by atoms with Crippen molar-refractivity contribution >= 4 is 5.91 Å². The zero-order valence-corrected chi connectivity index (χ0v) is 9.97. The minimum atomic E-state index is 0.0687. The van der Waals surface area contributed by atoms with Crippen LogP contribution in [0.5, 0.6) is 0 Å². The zero-order valence-electron chi connectivity index (χ0n) is 9.97. The quantitative estimate of drug-likeness (QED) is 0.587. The lowest BCUT2D eigenvalue weighted by Crippen LogP contribution is -2.58. The molecule has 2 unspecified atom stereocenters. The Bertz CT molecular complexity index is 194. The van der Waals surface area contributed by atoms with Gasteiger partial charge in [-0.25, -0.2) is 0 Å². The van der Waals surface area contributed by atoms with Crippen LogP contribution in [0.2, 0.25) is 0 Å². The molecule has 0 aliphatic carbocycles. The van der Waals surface area contributed by atoms with Crippen LogP contribution < -0.4 is 16.0 Å². The number of carbonyl (C=O) groups excluding carboxylic acids is 1. The van der Waals surface area contributed by atoms with Crippen molar-refractivity contribution < 1.29 is 4.79 Å². The summed E-state index contributed by atoms with van der Waals surface area (Å²) in [4.78, 5) is 11.1. The summed E-state index contributed by atoms with van der Waals surface area (Å²) in [5, 5.41) is 9.12. The van der Waals surface area contributed by atoms with Gasteiger partial charge in [-0.2, -0.15) is 0 Å². The van der Waals surface area contributed by atoms with Gasteiger partial charge in [0.1, 0.15) is 0 Å². The second-order valence-corrected chi connectivity index (χ2v) is 3.21. The summed E-state index contributed by atoms with van der Waals surface area (Å²) in [5.41, 5.74) is 0. The third-order valence-electron chi connectivity index (χ3n) is 2.24. The van der Waals surface area contributed by atoms with E-state index in [9.17, 15) is 4.79 Å². The van der Waals surface area contributed by atoms with Crippen molar-refractivity contribution in [2.24, 2.45) is 0 Å². The van der Waals surface area contributed by atoms with E-state index in [4.69, 9.17) is 0 Å². The van der Waals surface area contributed by atoms with Crippen LogP contribution in [-0.2, 0) is 4.79 Å². The zero-order chi connectivity index (χ0) is 11.7. The van der Waals surface area contributed by atoms with Crippen molar-refractivity contribution in [1.82, 2.24) is 16.0 Å². The smallest absolute Gasteiger partial charge is 0.234 e. The largest absolute Gasteiger partial charge is 0.350 e. The highest BCUT2D eigenvalue weighted by molar-refractivity contribution is 5.79. The lowest BCUT2D eigenvalue weighted by Gasteiger charge is -2.31. The minimum absolute atomic E-state index is 0.0687. The number of amides is 1. The topological polar surface area (TPSA) is 53.2 Å². The Balaban J connectivity index is 0.000000921. The van der Waals surface area contributed by atoms with E-state index in [1.165, 1.54) is 0 Å². The molecule has 0 spiro atoms. The van der Waals surface area contributed by atoms with E-state index in [-0.39, 0.29) is 18.0 Å². The molecule has 15 heavy (non-hydrogen) atoms. The summed E-state index contributed by atoms with van der Waals surface area (Å²) >= 11 is 0. The summed E-state index contributed by atoms with van der Waals surface area (Å²) in [7, 11) is 1.90. The Labute approximate surface area is 92.5 Å². The molecule has 0 aromatic heterocycles. The maximum Gasteiger partial charge on any atom is 0.234 e. The molecule has 0 aromatic rings. The monoisotopic (exact) mass is 213 g/mol. The molecule has 0 aromatic carbocycles. The first kappa shape index (κ1) is 14.1. The maximum absolute atomic E-state index is 11.1. The van der Waals surface area contributed by atoms with Crippen LogP contribution in [0.15, 0.2) is 12.7 Å². The molecule has 4 nitrogen and oxygen atoms in total. The van der Waals surface area contributed by atoms with E-state index in [2.05, 4.69) is 22.5 Å². The van der Waals surface area contributed by atoms with Gasteiger partial charge in [0.25, 0.3) is 0 Å². The van der Waals surface area contributed by atoms with Gasteiger partial charge in [0.15, 0.2) is 0 Å². The predicted octanol–water partition coefficient (Wildman–Crippen LogP) is 0.265. The van der Waals surface area contributed by atoms with Crippen LogP contribution in [0.25, 0.3) is 0 Å². The minimum Gasteiger partial charge on any atom is -0.350 e. The van der Waals surface area contributed by atoms with Crippen LogP contribution in [0, 0.1) is 0 Å². The van der Waals surface area contributed by atoms with E-state index in [0.29, 0.717) is 6.54 Å². The summed E-state index contributed by atoms with van der Waals surface area (Å²) in [5.74, 6) is 0.0687. The van der Waals surface area contributed by atoms with E-state index in [1.807, 2.05) is 27.0 Å². The van der Waals surface area contributed by atoms with Gasteiger partial charge >= 0.3 is 0 Å². The van der Waals surface area contributed by atoms with Gasteiger partial charge in [-0.15, -0.1) is 6.58 Å². The molecule has 2 atom stereocenters. The van der Waals surface area contributed by atoms with Crippen molar-refractivity contribution in [1.29, 1.82) is 0 Å². The first-order chi connectivity index (χ1) is 7.27. The third kappa shape index (κ3) is 4.95. The Hall–Kier alpha value is -0.870. The van der Waals surface area contributed by atoms with Crippen LogP contribution in [0.4, 0.5) is 0 Å². The second-order valence-electron chi connectivity index (χ2n) is 3.21. The van der Waals surface area contributed by atoms with E-state index in [1.54, 1.807) is 0 Å². The van der Waals surface area contributed by atoms with Crippen LogP contribution >= 0.6 is 0 Å². The molecule has 4 heteroatoms. The van der Waals surface area contributed by atoms with Crippen molar-refractivity contribution in [2.75, 3.05) is 20.1 Å². The molecule has 0 bridgehead atoms. The summed E-state index contributed by atoms with van der Waals surface area (Å²) in [6.07, 6.45) is 2.77. The van der Waals surface area contributed by atoms with Crippen molar-refractivity contribution in [3.63, 3.8) is 0 Å². The third-order valence-corrected chi connectivity index (χ3v) is 2.24. The summed E-state index contributed by atoms with van der Waals surface area (Å²) in [6, 6.07) is 0.372. The molecule has 1 fully saturated rings.